The van der Waals surface area contributed by atoms with E-state index in [0.29, 0.717) is 19.3 Å². The molecule has 0 aromatic carbocycles. The number of allylic oxidation sites excluding steroid dienone is 5. The van der Waals surface area contributed by atoms with Crippen LogP contribution in [0.4, 0.5) is 0 Å². The van der Waals surface area contributed by atoms with E-state index in [1.807, 2.05) is 18.2 Å². The summed E-state index contributed by atoms with van der Waals surface area (Å²) in [5, 5.41) is 19.9. The largest absolute Gasteiger partial charge is 0.472 e. The molecular formula is C44H82O14P2. The Bertz CT molecular complexity index is 1240. The lowest BCUT2D eigenvalue weighted by Gasteiger charge is -2.20. The van der Waals surface area contributed by atoms with E-state index in [0.717, 1.165) is 63.7 Å². The summed E-state index contributed by atoms with van der Waals surface area (Å²) in [6.07, 6.45) is 33.0. The summed E-state index contributed by atoms with van der Waals surface area (Å²) in [5.41, 5.74) is 0. The highest BCUT2D eigenvalue weighted by molar-refractivity contribution is 7.47. The van der Waals surface area contributed by atoms with Gasteiger partial charge in [0.2, 0.25) is 0 Å². The van der Waals surface area contributed by atoms with E-state index in [9.17, 15) is 33.8 Å². The van der Waals surface area contributed by atoms with Gasteiger partial charge in [0.15, 0.2) is 6.10 Å². The van der Waals surface area contributed by atoms with Crippen molar-refractivity contribution in [3.05, 3.63) is 36.5 Å². The van der Waals surface area contributed by atoms with E-state index in [1.165, 1.54) is 70.6 Å². The van der Waals surface area contributed by atoms with Crippen molar-refractivity contribution in [3.8, 4) is 0 Å². The van der Waals surface area contributed by atoms with Crippen LogP contribution >= 0.6 is 15.6 Å². The van der Waals surface area contributed by atoms with Gasteiger partial charge < -0.3 is 34.4 Å². The third kappa shape index (κ3) is 43.0. The van der Waals surface area contributed by atoms with E-state index in [1.54, 1.807) is 6.08 Å². The summed E-state index contributed by atoms with van der Waals surface area (Å²) in [5.74, 6) is -0.300. The van der Waals surface area contributed by atoms with Gasteiger partial charge in [-0.1, -0.05) is 173 Å². The molecule has 16 heteroatoms. The molecule has 0 aromatic heterocycles. The first-order valence-corrected chi connectivity index (χ1v) is 25.7. The number of aliphatic hydroxyl groups is 2. The van der Waals surface area contributed by atoms with E-state index < -0.39 is 72.3 Å². The van der Waals surface area contributed by atoms with Gasteiger partial charge in [-0.3, -0.25) is 23.2 Å². The average Bonchev–Trinajstić information content (AvgIpc) is 3.19. The molecule has 0 radical (unpaired) electrons. The summed E-state index contributed by atoms with van der Waals surface area (Å²) < 4.78 is 47.8. The summed E-state index contributed by atoms with van der Waals surface area (Å²) in [7, 11) is -9.70. The topological polar surface area (TPSA) is 216 Å². The molecule has 0 aromatic rings. The Labute approximate surface area is 361 Å². The summed E-state index contributed by atoms with van der Waals surface area (Å²) in [6.45, 7) is 3.86. The molecule has 14 nitrogen and oxygen atoms in total. The van der Waals surface area contributed by atoms with Crippen LogP contribution < -0.4 is 0 Å². The number of carbonyl (C=O) groups excluding carboxylic acids is 2. The van der Waals surface area contributed by atoms with Gasteiger partial charge in [-0.2, -0.15) is 0 Å². The first-order valence-electron chi connectivity index (χ1n) is 22.6. The van der Waals surface area contributed by atoms with Crippen LogP contribution in [0.15, 0.2) is 36.5 Å². The smallest absolute Gasteiger partial charge is 0.462 e. The van der Waals surface area contributed by atoms with Gasteiger partial charge in [-0.15, -0.1) is 0 Å². The van der Waals surface area contributed by atoms with Gasteiger partial charge in [0, 0.05) is 12.8 Å². The number of aliphatic hydroxyl groups excluding tert-OH is 2. The second-order valence-corrected chi connectivity index (χ2v) is 18.7. The fourth-order valence-electron chi connectivity index (χ4n) is 6.13. The van der Waals surface area contributed by atoms with Gasteiger partial charge in [0.05, 0.1) is 25.9 Å². The van der Waals surface area contributed by atoms with Gasteiger partial charge in [0.1, 0.15) is 12.7 Å². The molecule has 0 spiro atoms. The van der Waals surface area contributed by atoms with Crippen LogP contribution in [0.1, 0.15) is 181 Å². The Morgan fingerprint density at radius 2 is 1.05 bits per heavy atom. The maximum atomic E-state index is 12.7. The third-order valence-corrected chi connectivity index (χ3v) is 11.0. The fraction of sp³-hybridized carbons (Fsp3) is 0.818. The number of phosphoric ester groups is 2. The molecule has 0 amide bonds. The summed E-state index contributed by atoms with van der Waals surface area (Å²) in [6, 6.07) is 0. The number of hydrogen-bond acceptors (Lipinski definition) is 11. The highest BCUT2D eigenvalue weighted by Crippen LogP contribution is 2.43. The minimum Gasteiger partial charge on any atom is -0.462 e. The van der Waals surface area contributed by atoms with Gasteiger partial charge >= 0.3 is 27.6 Å². The molecule has 60 heavy (non-hydrogen) atoms. The maximum Gasteiger partial charge on any atom is 0.472 e. The maximum absolute atomic E-state index is 12.7. The standard InChI is InChI=1S/C44H82O14P2/c1-4-5-6-7-16-21-26-31-40(45)32-27-22-19-24-28-33-43(47)54-37-42(38-57-60(52,53)56-36-41(46)35-55-59(49,50)51)58-44(48)34-29-23-18-15-13-11-9-8-10-12-14-17-20-25-30-39(2)3/h5-6,16,21,26,31,39-42,45-46H,4,7-15,17-20,22-25,27-30,32-38H2,1-3H3,(H,52,53)(H2,49,50,51)/b6-5+,21-16+,31-26+/t40?,41-,42+/m0/s1. The van der Waals surface area contributed by atoms with E-state index in [4.69, 9.17) is 23.8 Å². The molecule has 0 saturated carbocycles. The fourth-order valence-corrected chi connectivity index (χ4v) is 7.28. The van der Waals surface area contributed by atoms with Crippen LogP contribution in [0.25, 0.3) is 0 Å². The first-order chi connectivity index (χ1) is 28.6. The Morgan fingerprint density at radius 1 is 0.567 bits per heavy atom. The highest BCUT2D eigenvalue weighted by atomic mass is 31.2. The summed E-state index contributed by atoms with van der Waals surface area (Å²) in [4.78, 5) is 52.7. The number of phosphoric acid groups is 2. The molecule has 0 aliphatic heterocycles. The molecule has 0 aliphatic carbocycles. The predicted molar refractivity (Wildman–Crippen MR) is 236 cm³/mol. The molecule has 5 N–H and O–H groups in total. The zero-order chi connectivity index (χ0) is 44.7. The Balaban J connectivity index is 4.55. The van der Waals surface area contributed by atoms with Crippen molar-refractivity contribution in [1.29, 1.82) is 0 Å². The van der Waals surface area contributed by atoms with Gasteiger partial charge in [-0.05, 0) is 38.0 Å². The zero-order valence-electron chi connectivity index (χ0n) is 37.1. The van der Waals surface area contributed by atoms with Crippen LogP contribution in [0.3, 0.4) is 0 Å². The summed E-state index contributed by atoms with van der Waals surface area (Å²) >= 11 is 0. The monoisotopic (exact) mass is 897 g/mol. The molecule has 0 fully saturated rings. The molecule has 0 heterocycles. The quantitative estimate of drug-likeness (QED) is 0.0127. The van der Waals surface area contributed by atoms with E-state index in [2.05, 4.69) is 42.0 Å². The number of esters is 2. The van der Waals surface area contributed by atoms with E-state index in [-0.39, 0.29) is 12.8 Å². The molecule has 2 unspecified atom stereocenters. The lowest BCUT2D eigenvalue weighted by atomic mass is 10.0. The minimum atomic E-state index is -4.87. The minimum absolute atomic E-state index is 0.113. The molecule has 0 aliphatic rings. The zero-order valence-corrected chi connectivity index (χ0v) is 38.9. The Morgan fingerprint density at radius 3 is 1.58 bits per heavy atom. The van der Waals surface area contributed by atoms with Crippen LogP contribution in [0.5, 0.6) is 0 Å². The van der Waals surface area contributed by atoms with Gasteiger partial charge in [-0.25, -0.2) is 9.13 Å². The normalized spacial score (nSPS) is 14.9. The van der Waals surface area contributed by atoms with Crippen molar-refractivity contribution < 1.29 is 66.7 Å². The highest BCUT2D eigenvalue weighted by Gasteiger charge is 2.28. The Kier molecular flexibility index (Phi) is 37.8. The van der Waals surface area contributed by atoms with Crippen molar-refractivity contribution in [1.82, 2.24) is 0 Å². The SMILES string of the molecule is CC/C=C/C/C=C/C=C/C(O)CCCCCCCC(=O)OC[C@H](COP(=O)(O)OC[C@@H](O)COP(=O)(O)O)OC(=O)CCCCCCCCCCCCCCCCC(C)C. The van der Waals surface area contributed by atoms with Crippen LogP contribution in [-0.4, -0.2) is 81.6 Å². The number of ether oxygens (including phenoxy) is 2. The molecule has 4 atom stereocenters. The molecule has 0 saturated heterocycles. The number of unbranched alkanes of at least 4 members (excludes halogenated alkanes) is 17. The Hall–Kier alpha value is -1.70. The molecular weight excluding hydrogens is 814 g/mol. The molecule has 352 valence electrons. The van der Waals surface area contributed by atoms with Crippen LogP contribution in [-0.2, 0) is 41.8 Å². The van der Waals surface area contributed by atoms with Crippen LogP contribution in [0, 0.1) is 5.92 Å². The third-order valence-electron chi connectivity index (χ3n) is 9.57. The molecule has 0 bridgehead atoms. The van der Waals surface area contributed by atoms with Crippen molar-refractivity contribution in [2.24, 2.45) is 5.92 Å². The average molecular weight is 897 g/mol. The second-order valence-electron chi connectivity index (χ2n) is 16.0. The predicted octanol–water partition coefficient (Wildman–Crippen LogP) is 10.5. The first kappa shape index (κ1) is 58.3. The van der Waals surface area contributed by atoms with Crippen molar-refractivity contribution in [2.75, 3.05) is 26.4 Å². The van der Waals surface area contributed by atoms with E-state index >= 15 is 0 Å². The number of hydrogen-bond donors (Lipinski definition) is 5. The lowest BCUT2D eigenvalue weighted by Crippen LogP contribution is -2.30. The van der Waals surface area contributed by atoms with Crippen molar-refractivity contribution in [2.45, 2.75) is 200 Å². The second kappa shape index (κ2) is 38.9. The lowest BCUT2D eigenvalue weighted by molar-refractivity contribution is -0.161. The van der Waals surface area contributed by atoms with Crippen molar-refractivity contribution in [3.63, 3.8) is 0 Å². The number of rotatable bonds is 42. The van der Waals surface area contributed by atoms with Gasteiger partial charge in [0.25, 0.3) is 0 Å². The molecule has 0 rings (SSSR count). The number of carbonyl (C=O) groups is 2. The van der Waals surface area contributed by atoms with Crippen molar-refractivity contribution >= 4 is 27.6 Å². The van der Waals surface area contributed by atoms with Crippen LogP contribution in [0.2, 0.25) is 0 Å².